The SMILES string of the molecule is CC(C)CCN(CCC(C)C)c1cccc(F)c1[C@@H](C)N. The summed E-state index contributed by atoms with van der Waals surface area (Å²) in [5, 5.41) is 0. The van der Waals surface area contributed by atoms with Crippen LogP contribution in [0.2, 0.25) is 0 Å². The Morgan fingerprint density at radius 1 is 1.00 bits per heavy atom. The molecule has 0 unspecified atom stereocenters. The molecule has 1 atom stereocenters. The average Bonchev–Trinajstić information content (AvgIpc) is 2.37. The Hall–Kier alpha value is -1.09. The van der Waals surface area contributed by atoms with Gasteiger partial charge in [-0.3, -0.25) is 0 Å². The summed E-state index contributed by atoms with van der Waals surface area (Å²) in [7, 11) is 0. The third-order valence-corrected chi connectivity index (χ3v) is 3.78. The van der Waals surface area contributed by atoms with Crippen molar-refractivity contribution in [3.63, 3.8) is 0 Å². The van der Waals surface area contributed by atoms with Crippen LogP contribution in [-0.2, 0) is 0 Å². The van der Waals surface area contributed by atoms with Gasteiger partial charge in [-0.25, -0.2) is 4.39 Å². The molecule has 0 spiro atoms. The van der Waals surface area contributed by atoms with Gasteiger partial charge in [0, 0.05) is 30.4 Å². The fraction of sp³-hybridized carbons (Fsp3) is 0.667. The van der Waals surface area contributed by atoms with Crippen LogP contribution in [0.3, 0.4) is 0 Å². The number of halogens is 1. The van der Waals surface area contributed by atoms with Crippen LogP contribution in [0.15, 0.2) is 18.2 Å². The second-order valence-electron chi connectivity index (χ2n) is 6.81. The molecule has 120 valence electrons. The molecule has 0 aliphatic rings. The summed E-state index contributed by atoms with van der Waals surface area (Å²) in [5.41, 5.74) is 7.61. The van der Waals surface area contributed by atoms with Crippen molar-refractivity contribution in [2.75, 3.05) is 18.0 Å². The summed E-state index contributed by atoms with van der Waals surface area (Å²) in [6, 6.07) is 5.00. The van der Waals surface area contributed by atoms with Crippen molar-refractivity contribution in [1.29, 1.82) is 0 Å². The lowest BCUT2D eigenvalue weighted by Gasteiger charge is -2.30. The monoisotopic (exact) mass is 294 g/mol. The highest BCUT2D eigenvalue weighted by Gasteiger charge is 2.18. The molecule has 1 aromatic rings. The molecule has 0 saturated carbocycles. The molecule has 21 heavy (non-hydrogen) atoms. The quantitative estimate of drug-likeness (QED) is 0.750. The minimum atomic E-state index is -0.290. The van der Waals surface area contributed by atoms with Crippen LogP contribution in [-0.4, -0.2) is 13.1 Å². The van der Waals surface area contributed by atoms with E-state index in [1.807, 2.05) is 13.0 Å². The predicted molar refractivity (Wildman–Crippen MR) is 90.1 cm³/mol. The molecule has 0 aromatic heterocycles. The van der Waals surface area contributed by atoms with Crippen molar-refractivity contribution in [3.8, 4) is 0 Å². The molecule has 3 heteroatoms. The van der Waals surface area contributed by atoms with Crippen molar-refractivity contribution in [1.82, 2.24) is 0 Å². The van der Waals surface area contributed by atoms with Gasteiger partial charge in [0.25, 0.3) is 0 Å². The molecule has 2 nitrogen and oxygen atoms in total. The number of rotatable bonds is 8. The second-order valence-corrected chi connectivity index (χ2v) is 6.81. The minimum absolute atomic E-state index is 0.193. The second kappa shape index (κ2) is 8.38. The van der Waals surface area contributed by atoms with E-state index >= 15 is 0 Å². The van der Waals surface area contributed by atoms with E-state index in [1.165, 1.54) is 6.07 Å². The van der Waals surface area contributed by atoms with E-state index in [9.17, 15) is 4.39 Å². The zero-order chi connectivity index (χ0) is 16.0. The van der Waals surface area contributed by atoms with Crippen LogP contribution in [0.4, 0.5) is 10.1 Å². The maximum absolute atomic E-state index is 14.2. The average molecular weight is 294 g/mol. The van der Waals surface area contributed by atoms with E-state index < -0.39 is 0 Å². The third-order valence-electron chi connectivity index (χ3n) is 3.78. The van der Waals surface area contributed by atoms with Gasteiger partial charge < -0.3 is 10.6 Å². The first-order valence-corrected chi connectivity index (χ1v) is 8.11. The van der Waals surface area contributed by atoms with Crippen LogP contribution in [0.5, 0.6) is 0 Å². The summed E-state index contributed by atoms with van der Waals surface area (Å²) in [6.45, 7) is 12.6. The molecule has 0 aliphatic carbocycles. The Kier molecular flexibility index (Phi) is 7.16. The van der Waals surface area contributed by atoms with Gasteiger partial charge in [0.05, 0.1) is 0 Å². The lowest BCUT2D eigenvalue weighted by atomic mass is 10.0. The lowest BCUT2D eigenvalue weighted by molar-refractivity contribution is 0.530. The highest BCUT2D eigenvalue weighted by atomic mass is 19.1. The van der Waals surface area contributed by atoms with Crippen molar-refractivity contribution < 1.29 is 4.39 Å². The van der Waals surface area contributed by atoms with Gasteiger partial charge in [0.2, 0.25) is 0 Å². The van der Waals surface area contributed by atoms with Crippen molar-refractivity contribution in [2.24, 2.45) is 17.6 Å². The molecule has 0 radical (unpaired) electrons. The predicted octanol–water partition coefficient (Wildman–Crippen LogP) is 4.74. The third kappa shape index (κ3) is 5.66. The van der Waals surface area contributed by atoms with Crippen LogP contribution >= 0.6 is 0 Å². The van der Waals surface area contributed by atoms with Gasteiger partial charge in [0.15, 0.2) is 0 Å². The van der Waals surface area contributed by atoms with Crippen LogP contribution in [0.25, 0.3) is 0 Å². The molecule has 2 N–H and O–H groups in total. The number of hydrogen-bond donors (Lipinski definition) is 1. The van der Waals surface area contributed by atoms with Gasteiger partial charge in [-0.2, -0.15) is 0 Å². The minimum Gasteiger partial charge on any atom is -0.371 e. The maximum atomic E-state index is 14.2. The van der Waals surface area contributed by atoms with Gasteiger partial charge in [-0.1, -0.05) is 33.8 Å². The molecule has 1 aromatic carbocycles. The first kappa shape index (κ1) is 18.0. The van der Waals surface area contributed by atoms with E-state index in [2.05, 4.69) is 32.6 Å². The van der Waals surface area contributed by atoms with Crippen LogP contribution in [0.1, 0.15) is 59.1 Å². The Labute approximate surface area is 129 Å². The van der Waals surface area contributed by atoms with E-state index in [1.54, 1.807) is 6.07 Å². The van der Waals surface area contributed by atoms with E-state index in [0.717, 1.165) is 31.6 Å². The van der Waals surface area contributed by atoms with Gasteiger partial charge in [-0.15, -0.1) is 0 Å². The summed E-state index contributed by atoms with van der Waals surface area (Å²) in [5.74, 6) is 1.08. The first-order valence-electron chi connectivity index (χ1n) is 8.11. The Bertz CT molecular complexity index is 415. The van der Waals surface area contributed by atoms with Gasteiger partial charge in [0.1, 0.15) is 5.82 Å². The first-order chi connectivity index (χ1) is 9.82. The topological polar surface area (TPSA) is 29.3 Å². The molecule has 0 bridgehead atoms. The molecule has 0 aliphatic heterocycles. The van der Waals surface area contributed by atoms with Crippen molar-refractivity contribution >= 4 is 5.69 Å². The summed E-state index contributed by atoms with van der Waals surface area (Å²) >= 11 is 0. The zero-order valence-electron chi connectivity index (χ0n) is 14.2. The normalized spacial score (nSPS) is 13.0. The lowest BCUT2D eigenvalue weighted by Crippen LogP contribution is -2.29. The number of nitrogens with two attached hydrogens (primary N) is 1. The molecule has 0 fully saturated rings. The Morgan fingerprint density at radius 2 is 1.52 bits per heavy atom. The molecule has 0 heterocycles. The molecular weight excluding hydrogens is 263 g/mol. The molecule has 0 amide bonds. The zero-order valence-corrected chi connectivity index (χ0v) is 14.2. The van der Waals surface area contributed by atoms with E-state index in [-0.39, 0.29) is 11.9 Å². The fourth-order valence-corrected chi connectivity index (χ4v) is 2.43. The number of hydrogen-bond acceptors (Lipinski definition) is 2. The smallest absolute Gasteiger partial charge is 0.130 e. The van der Waals surface area contributed by atoms with E-state index in [0.29, 0.717) is 17.4 Å². The summed E-state index contributed by atoms with van der Waals surface area (Å²) in [6.07, 6.45) is 2.21. The van der Waals surface area contributed by atoms with Gasteiger partial charge >= 0.3 is 0 Å². The van der Waals surface area contributed by atoms with Crippen LogP contribution < -0.4 is 10.6 Å². The molecule has 0 saturated heterocycles. The van der Waals surface area contributed by atoms with E-state index in [4.69, 9.17) is 5.73 Å². The highest BCUT2D eigenvalue weighted by Crippen LogP contribution is 2.29. The standard InChI is InChI=1S/C18H31FN2/c1-13(2)9-11-21(12-10-14(3)4)17-8-6-7-16(19)18(17)15(5)20/h6-8,13-15H,9-12,20H2,1-5H3/t15-/m1/s1. The van der Waals surface area contributed by atoms with Crippen LogP contribution in [0, 0.1) is 17.7 Å². The maximum Gasteiger partial charge on any atom is 0.130 e. The number of nitrogens with zero attached hydrogens (tertiary/aromatic N) is 1. The Morgan fingerprint density at radius 3 is 1.95 bits per heavy atom. The summed E-state index contributed by atoms with van der Waals surface area (Å²) < 4.78 is 14.2. The molecule has 1 rings (SSSR count). The van der Waals surface area contributed by atoms with Crippen molar-refractivity contribution in [2.45, 2.75) is 53.5 Å². The summed E-state index contributed by atoms with van der Waals surface area (Å²) in [4.78, 5) is 2.31. The fourth-order valence-electron chi connectivity index (χ4n) is 2.43. The Balaban J connectivity index is 3.03. The highest BCUT2D eigenvalue weighted by molar-refractivity contribution is 5.55. The van der Waals surface area contributed by atoms with Crippen molar-refractivity contribution in [3.05, 3.63) is 29.6 Å². The number of anilines is 1. The van der Waals surface area contributed by atoms with Gasteiger partial charge in [-0.05, 0) is 43.7 Å². The largest absolute Gasteiger partial charge is 0.371 e. The molecular formula is C18H31FN2. The number of benzene rings is 1.